The molecule has 0 heterocycles. The number of nitrogens with zero attached hydrogens (tertiary/aromatic N) is 1. The number of nitrogens with two attached hydrogens (primary N) is 1. The SMILES string of the molecule is CC1CCCC(NC(=O)c2ccc(N(C)C)c(N)c2)CC1. The molecule has 116 valence electrons. The Hall–Kier alpha value is -1.71. The van der Waals surface area contributed by atoms with E-state index in [1.165, 1.54) is 19.3 Å². The van der Waals surface area contributed by atoms with E-state index in [0.717, 1.165) is 24.4 Å². The summed E-state index contributed by atoms with van der Waals surface area (Å²) in [6, 6.07) is 5.82. The first-order valence-corrected chi connectivity index (χ1v) is 7.85. The fourth-order valence-electron chi connectivity index (χ4n) is 3.00. The van der Waals surface area contributed by atoms with E-state index in [1.54, 1.807) is 6.07 Å². The summed E-state index contributed by atoms with van der Waals surface area (Å²) in [7, 11) is 3.89. The summed E-state index contributed by atoms with van der Waals surface area (Å²) in [5, 5.41) is 3.16. The van der Waals surface area contributed by atoms with Gasteiger partial charge in [-0.15, -0.1) is 0 Å². The van der Waals surface area contributed by atoms with Gasteiger partial charge in [-0.3, -0.25) is 4.79 Å². The second-order valence-corrected chi connectivity index (χ2v) is 6.45. The van der Waals surface area contributed by atoms with Crippen LogP contribution in [0.1, 0.15) is 49.4 Å². The van der Waals surface area contributed by atoms with Crippen LogP contribution in [0.2, 0.25) is 0 Å². The van der Waals surface area contributed by atoms with Crippen LogP contribution in [0, 0.1) is 5.92 Å². The third-order valence-electron chi connectivity index (χ3n) is 4.36. The van der Waals surface area contributed by atoms with E-state index in [1.807, 2.05) is 31.1 Å². The van der Waals surface area contributed by atoms with E-state index in [0.29, 0.717) is 17.3 Å². The quantitative estimate of drug-likeness (QED) is 0.664. The maximum atomic E-state index is 12.4. The number of rotatable bonds is 3. The predicted molar refractivity (Wildman–Crippen MR) is 88.7 cm³/mol. The third-order valence-corrected chi connectivity index (χ3v) is 4.36. The van der Waals surface area contributed by atoms with Crippen molar-refractivity contribution in [2.45, 2.75) is 45.1 Å². The van der Waals surface area contributed by atoms with Crippen molar-refractivity contribution in [3.63, 3.8) is 0 Å². The van der Waals surface area contributed by atoms with Gasteiger partial charge in [0.2, 0.25) is 0 Å². The number of hydrogen-bond acceptors (Lipinski definition) is 3. The van der Waals surface area contributed by atoms with E-state index < -0.39 is 0 Å². The molecule has 0 spiro atoms. The van der Waals surface area contributed by atoms with Crippen LogP contribution in [-0.4, -0.2) is 26.0 Å². The molecule has 1 aliphatic carbocycles. The number of nitrogen functional groups attached to an aromatic ring is 1. The zero-order chi connectivity index (χ0) is 15.4. The van der Waals surface area contributed by atoms with Crippen LogP contribution in [0.3, 0.4) is 0 Å². The van der Waals surface area contributed by atoms with Gasteiger partial charge in [0.05, 0.1) is 11.4 Å². The summed E-state index contributed by atoms with van der Waals surface area (Å²) in [6.07, 6.45) is 5.84. The molecule has 21 heavy (non-hydrogen) atoms. The van der Waals surface area contributed by atoms with Gasteiger partial charge in [-0.2, -0.15) is 0 Å². The Bertz CT molecular complexity index is 499. The molecule has 0 aromatic heterocycles. The van der Waals surface area contributed by atoms with Gasteiger partial charge in [0.15, 0.2) is 0 Å². The summed E-state index contributed by atoms with van der Waals surface area (Å²) < 4.78 is 0. The van der Waals surface area contributed by atoms with Crippen LogP contribution in [0.15, 0.2) is 18.2 Å². The molecule has 1 aromatic rings. The lowest BCUT2D eigenvalue weighted by molar-refractivity contribution is 0.0933. The van der Waals surface area contributed by atoms with Crippen molar-refractivity contribution >= 4 is 17.3 Å². The van der Waals surface area contributed by atoms with Crippen LogP contribution < -0.4 is 16.0 Å². The van der Waals surface area contributed by atoms with Crippen molar-refractivity contribution in [3.05, 3.63) is 23.8 Å². The van der Waals surface area contributed by atoms with Crippen molar-refractivity contribution in [1.29, 1.82) is 0 Å². The molecule has 1 aliphatic rings. The minimum atomic E-state index is -0.00782. The maximum Gasteiger partial charge on any atom is 0.251 e. The second kappa shape index (κ2) is 6.83. The van der Waals surface area contributed by atoms with Gasteiger partial charge in [0, 0.05) is 25.7 Å². The summed E-state index contributed by atoms with van der Waals surface area (Å²) in [5.74, 6) is 0.772. The number of anilines is 2. The fourth-order valence-corrected chi connectivity index (χ4v) is 3.00. The van der Waals surface area contributed by atoms with Gasteiger partial charge < -0.3 is 16.0 Å². The first kappa shape index (κ1) is 15.7. The van der Waals surface area contributed by atoms with Gasteiger partial charge in [0.25, 0.3) is 5.91 Å². The van der Waals surface area contributed by atoms with Crippen molar-refractivity contribution < 1.29 is 4.79 Å². The number of carbonyl (C=O) groups excluding carboxylic acids is 1. The number of hydrogen-bond donors (Lipinski definition) is 2. The van der Waals surface area contributed by atoms with Crippen molar-refractivity contribution in [1.82, 2.24) is 5.32 Å². The van der Waals surface area contributed by atoms with Gasteiger partial charge in [-0.25, -0.2) is 0 Å². The predicted octanol–water partition coefficient (Wildman–Crippen LogP) is 3.03. The lowest BCUT2D eigenvalue weighted by atomic mass is 10.0. The minimum absolute atomic E-state index is 0.00782. The van der Waals surface area contributed by atoms with Gasteiger partial charge in [0.1, 0.15) is 0 Å². The molecule has 1 aromatic carbocycles. The zero-order valence-electron chi connectivity index (χ0n) is 13.4. The maximum absolute atomic E-state index is 12.4. The molecule has 0 saturated heterocycles. The van der Waals surface area contributed by atoms with Crippen LogP contribution in [-0.2, 0) is 0 Å². The summed E-state index contributed by atoms with van der Waals surface area (Å²) in [4.78, 5) is 14.3. The van der Waals surface area contributed by atoms with Crippen LogP contribution in [0.25, 0.3) is 0 Å². The largest absolute Gasteiger partial charge is 0.397 e. The Balaban J connectivity index is 2.01. The van der Waals surface area contributed by atoms with Gasteiger partial charge >= 0.3 is 0 Å². The molecule has 0 bridgehead atoms. The summed E-state index contributed by atoms with van der Waals surface area (Å²) in [5.41, 5.74) is 8.24. The Morgan fingerprint density at radius 2 is 2.00 bits per heavy atom. The zero-order valence-corrected chi connectivity index (χ0v) is 13.4. The van der Waals surface area contributed by atoms with E-state index in [2.05, 4.69) is 12.2 Å². The Morgan fingerprint density at radius 3 is 2.67 bits per heavy atom. The average molecular weight is 289 g/mol. The van der Waals surface area contributed by atoms with E-state index in [4.69, 9.17) is 5.73 Å². The minimum Gasteiger partial charge on any atom is -0.397 e. The number of benzene rings is 1. The monoisotopic (exact) mass is 289 g/mol. The van der Waals surface area contributed by atoms with Crippen molar-refractivity contribution in [2.24, 2.45) is 5.92 Å². The standard InChI is InChI=1S/C17H27N3O/c1-12-5-4-6-14(9-7-12)19-17(21)13-8-10-16(20(2)3)15(18)11-13/h8,10-12,14H,4-7,9,18H2,1-3H3,(H,19,21). The average Bonchev–Trinajstić information content (AvgIpc) is 2.63. The first-order valence-electron chi connectivity index (χ1n) is 7.85. The van der Waals surface area contributed by atoms with Crippen LogP contribution >= 0.6 is 0 Å². The van der Waals surface area contributed by atoms with E-state index >= 15 is 0 Å². The molecule has 1 amide bonds. The number of carbonyl (C=O) groups is 1. The smallest absolute Gasteiger partial charge is 0.251 e. The third kappa shape index (κ3) is 4.13. The highest BCUT2D eigenvalue weighted by molar-refractivity contribution is 5.96. The molecular formula is C17H27N3O. The highest BCUT2D eigenvalue weighted by Gasteiger charge is 2.19. The molecule has 2 rings (SSSR count). The Kier molecular flexibility index (Phi) is 5.10. The van der Waals surface area contributed by atoms with E-state index in [-0.39, 0.29) is 5.91 Å². The summed E-state index contributed by atoms with van der Waals surface area (Å²) >= 11 is 0. The van der Waals surface area contributed by atoms with Crippen molar-refractivity contribution in [3.8, 4) is 0 Å². The molecule has 1 saturated carbocycles. The normalized spacial score (nSPS) is 22.4. The fraction of sp³-hybridized carbons (Fsp3) is 0.588. The van der Waals surface area contributed by atoms with E-state index in [9.17, 15) is 4.79 Å². The Labute approximate surface area is 127 Å². The number of amides is 1. The molecule has 4 heteroatoms. The van der Waals surface area contributed by atoms with Crippen LogP contribution in [0.4, 0.5) is 11.4 Å². The van der Waals surface area contributed by atoms with Gasteiger partial charge in [-0.1, -0.05) is 19.8 Å². The Morgan fingerprint density at radius 1 is 1.24 bits per heavy atom. The molecule has 0 radical (unpaired) electrons. The topological polar surface area (TPSA) is 58.4 Å². The molecule has 2 atom stereocenters. The molecule has 4 nitrogen and oxygen atoms in total. The number of nitrogens with one attached hydrogen (secondary N) is 1. The molecule has 3 N–H and O–H groups in total. The van der Waals surface area contributed by atoms with Gasteiger partial charge in [-0.05, 0) is 43.4 Å². The highest BCUT2D eigenvalue weighted by Crippen LogP contribution is 2.24. The van der Waals surface area contributed by atoms with Crippen LogP contribution in [0.5, 0.6) is 0 Å². The molecule has 2 unspecified atom stereocenters. The molecular weight excluding hydrogens is 262 g/mol. The second-order valence-electron chi connectivity index (χ2n) is 6.45. The molecule has 1 fully saturated rings. The molecule has 0 aliphatic heterocycles. The highest BCUT2D eigenvalue weighted by atomic mass is 16.1. The van der Waals surface area contributed by atoms with Crippen molar-refractivity contribution in [2.75, 3.05) is 24.7 Å². The lowest BCUT2D eigenvalue weighted by Gasteiger charge is -2.18. The lowest BCUT2D eigenvalue weighted by Crippen LogP contribution is -2.34. The first-order chi connectivity index (χ1) is 9.97. The summed E-state index contributed by atoms with van der Waals surface area (Å²) in [6.45, 7) is 2.30.